The van der Waals surface area contributed by atoms with E-state index in [1.807, 2.05) is 0 Å². The van der Waals surface area contributed by atoms with Crippen LogP contribution in [0, 0.1) is 11.6 Å². The van der Waals surface area contributed by atoms with Gasteiger partial charge in [-0.05, 0) is 44.0 Å². The molecule has 2 nitrogen and oxygen atoms in total. The molecule has 4 heteroatoms. The maximum atomic E-state index is 13.3. The van der Waals surface area contributed by atoms with E-state index in [-0.39, 0.29) is 11.6 Å². The minimum Gasteiger partial charge on any atom is -0.388 e. The Morgan fingerprint density at radius 1 is 1.44 bits per heavy atom. The summed E-state index contributed by atoms with van der Waals surface area (Å²) in [5.41, 5.74) is 0.0497. The first-order valence-electron chi connectivity index (χ1n) is 5.53. The van der Waals surface area contributed by atoms with Crippen LogP contribution >= 0.6 is 0 Å². The lowest BCUT2D eigenvalue weighted by atomic mass is 10.0. The molecule has 0 bridgehead atoms. The Hall–Kier alpha value is -1.00. The van der Waals surface area contributed by atoms with Crippen LogP contribution in [0.2, 0.25) is 0 Å². The smallest absolute Gasteiger partial charge is 0.129 e. The molecule has 2 unspecified atom stereocenters. The van der Waals surface area contributed by atoms with Gasteiger partial charge < -0.3 is 10.4 Å². The lowest BCUT2D eigenvalue weighted by Crippen LogP contribution is -2.24. The molecule has 0 saturated carbocycles. The van der Waals surface area contributed by atoms with E-state index < -0.39 is 17.7 Å². The van der Waals surface area contributed by atoms with Gasteiger partial charge in [-0.1, -0.05) is 0 Å². The van der Waals surface area contributed by atoms with Crippen LogP contribution in [0.15, 0.2) is 18.2 Å². The van der Waals surface area contributed by atoms with Crippen molar-refractivity contribution in [1.82, 2.24) is 5.32 Å². The fourth-order valence-corrected chi connectivity index (χ4v) is 2.12. The summed E-state index contributed by atoms with van der Waals surface area (Å²) in [5.74, 6) is -1.07. The summed E-state index contributed by atoms with van der Waals surface area (Å²) in [7, 11) is 0. The highest BCUT2D eigenvalue weighted by Crippen LogP contribution is 2.24. The topological polar surface area (TPSA) is 32.3 Å². The zero-order valence-electron chi connectivity index (χ0n) is 8.92. The summed E-state index contributed by atoms with van der Waals surface area (Å²) in [4.78, 5) is 0. The molecule has 1 saturated heterocycles. The lowest BCUT2D eigenvalue weighted by Gasteiger charge is -2.16. The monoisotopic (exact) mass is 227 g/mol. The van der Waals surface area contributed by atoms with Crippen LogP contribution in [0.1, 0.15) is 30.9 Å². The Morgan fingerprint density at radius 3 is 2.94 bits per heavy atom. The molecule has 1 aromatic carbocycles. The summed E-state index contributed by atoms with van der Waals surface area (Å²) in [6, 6.07) is 3.38. The van der Waals surface area contributed by atoms with Crippen LogP contribution in [-0.4, -0.2) is 17.7 Å². The van der Waals surface area contributed by atoms with Gasteiger partial charge in [0.1, 0.15) is 11.6 Å². The molecule has 0 amide bonds. The summed E-state index contributed by atoms with van der Waals surface area (Å²) >= 11 is 0. The van der Waals surface area contributed by atoms with Gasteiger partial charge in [0, 0.05) is 11.6 Å². The van der Waals surface area contributed by atoms with Crippen molar-refractivity contribution in [1.29, 1.82) is 0 Å². The molecule has 88 valence electrons. The zero-order valence-corrected chi connectivity index (χ0v) is 8.92. The summed E-state index contributed by atoms with van der Waals surface area (Å²) in [6.07, 6.45) is 1.54. The standard InChI is InChI=1S/C12H15F2NO/c13-8-3-4-11(14)10(6-8)12(16)7-9-2-1-5-15-9/h3-4,6,9,12,15-16H,1-2,5,7H2. The van der Waals surface area contributed by atoms with Crippen molar-refractivity contribution in [2.75, 3.05) is 6.54 Å². The summed E-state index contributed by atoms with van der Waals surface area (Å²) < 4.78 is 26.3. The first kappa shape index (κ1) is 11.5. The molecule has 2 N–H and O–H groups in total. The average Bonchev–Trinajstić information content (AvgIpc) is 2.74. The number of aliphatic hydroxyl groups excluding tert-OH is 1. The van der Waals surface area contributed by atoms with E-state index in [1.165, 1.54) is 0 Å². The van der Waals surface area contributed by atoms with Crippen LogP contribution in [0.25, 0.3) is 0 Å². The van der Waals surface area contributed by atoms with E-state index in [2.05, 4.69) is 5.32 Å². The number of hydrogen-bond donors (Lipinski definition) is 2. The van der Waals surface area contributed by atoms with Crippen molar-refractivity contribution < 1.29 is 13.9 Å². The van der Waals surface area contributed by atoms with Gasteiger partial charge in [-0.3, -0.25) is 0 Å². The molecule has 1 aliphatic rings. The minimum atomic E-state index is -0.939. The second kappa shape index (κ2) is 4.89. The van der Waals surface area contributed by atoms with E-state index in [0.29, 0.717) is 6.42 Å². The van der Waals surface area contributed by atoms with E-state index in [0.717, 1.165) is 37.6 Å². The van der Waals surface area contributed by atoms with Gasteiger partial charge in [0.25, 0.3) is 0 Å². The van der Waals surface area contributed by atoms with Gasteiger partial charge in [0.15, 0.2) is 0 Å². The Balaban J connectivity index is 2.07. The molecular formula is C12H15F2NO. The van der Waals surface area contributed by atoms with Gasteiger partial charge in [-0.2, -0.15) is 0 Å². The fourth-order valence-electron chi connectivity index (χ4n) is 2.12. The third kappa shape index (κ3) is 2.57. The van der Waals surface area contributed by atoms with E-state index >= 15 is 0 Å². The van der Waals surface area contributed by atoms with E-state index in [1.54, 1.807) is 0 Å². The third-order valence-electron chi connectivity index (χ3n) is 2.99. The van der Waals surface area contributed by atoms with Crippen LogP contribution in [0.5, 0.6) is 0 Å². The molecule has 0 aliphatic carbocycles. The fraction of sp³-hybridized carbons (Fsp3) is 0.500. The second-order valence-corrected chi connectivity index (χ2v) is 4.21. The Morgan fingerprint density at radius 2 is 2.25 bits per heavy atom. The van der Waals surface area contributed by atoms with Crippen LogP contribution in [0.4, 0.5) is 8.78 Å². The van der Waals surface area contributed by atoms with Gasteiger partial charge in [-0.25, -0.2) is 8.78 Å². The van der Waals surface area contributed by atoms with Crippen molar-refractivity contribution in [3.8, 4) is 0 Å². The SMILES string of the molecule is OC(CC1CCCN1)c1cc(F)ccc1F. The maximum absolute atomic E-state index is 13.3. The van der Waals surface area contributed by atoms with E-state index in [4.69, 9.17) is 0 Å². The van der Waals surface area contributed by atoms with Crippen molar-refractivity contribution in [2.24, 2.45) is 0 Å². The first-order valence-corrected chi connectivity index (χ1v) is 5.53. The first-order chi connectivity index (χ1) is 7.66. The number of benzene rings is 1. The number of nitrogens with one attached hydrogen (secondary N) is 1. The molecule has 1 aromatic rings. The molecule has 16 heavy (non-hydrogen) atoms. The average molecular weight is 227 g/mol. The Bertz CT molecular complexity index is 364. The minimum absolute atomic E-state index is 0.0497. The highest BCUT2D eigenvalue weighted by molar-refractivity contribution is 5.21. The highest BCUT2D eigenvalue weighted by atomic mass is 19.1. The van der Waals surface area contributed by atoms with Gasteiger partial charge in [0.2, 0.25) is 0 Å². The molecule has 1 aliphatic heterocycles. The lowest BCUT2D eigenvalue weighted by molar-refractivity contribution is 0.150. The third-order valence-corrected chi connectivity index (χ3v) is 2.99. The predicted octanol–water partition coefficient (Wildman–Crippen LogP) is 2.14. The molecule has 0 aromatic heterocycles. The molecule has 2 atom stereocenters. The highest BCUT2D eigenvalue weighted by Gasteiger charge is 2.21. The maximum Gasteiger partial charge on any atom is 0.129 e. The normalized spacial score (nSPS) is 22.3. The number of aliphatic hydroxyl groups is 1. The van der Waals surface area contributed by atoms with Crippen LogP contribution in [-0.2, 0) is 0 Å². The molecule has 0 radical (unpaired) electrons. The number of halogens is 2. The van der Waals surface area contributed by atoms with Crippen LogP contribution < -0.4 is 5.32 Å². The quantitative estimate of drug-likeness (QED) is 0.829. The number of rotatable bonds is 3. The molecule has 2 rings (SSSR count). The van der Waals surface area contributed by atoms with Crippen LogP contribution in [0.3, 0.4) is 0 Å². The molecular weight excluding hydrogens is 212 g/mol. The zero-order chi connectivity index (χ0) is 11.5. The molecule has 1 heterocycles. The van der Waals surface area contributed by atoms with Crippen molar-refractivity contribution in [2.45, 2.75) is 31.4 Å². The Kier molecular flexibility index (Phi) is 3.51. The van der Waals surface area contributed by atoms with Crippen molar-refractivity contribution in [3.63, 3.8) is 0 Å². The Labute approximate surface area is 93.3 Å². The van der Waals surface area contributed by atoms with Crippen molar-refractivity contribution >= 4 is 0 Å². The molecule has 0 spiro atoms. The second-order valence-electron chi connectivity index (χ2n) is 4.21. The van der Waals surface area contributed by atoms with Crippen molar-refractivity contribution in [3.05, 3.63) is 35.4 Å². The predicted molar refractivity (Wildman–Crippen MR) is 57.0 cm³/mol. The number of hydrogen-bond acceptors (Lipinski definition) is 2. The largest absolute Gasteiger partial charge is 0.388 e. The summed E-state index contributed by atoms with van der Waals surface area (Å²) in [5, 5.41) is 13.1. The molecule has 1 fully saturated rings. The van der Waals surface area contributed by atoms with Gasteiger partial charge >= 0.3 is 0 Å². The van der Waals surface area contributed by atoms with Gasteiger partial charge in [-0.15, -0.1) is 0 Å². The van der Waals surface area contributed by atoms with E-state index in [9.17, 15) is 13.9 Å². The summed E-state index contributed by atoms with van der Waals surface area (Å²) in [6.45, 7) is 0.934. The van der Waals surface area contributed by atoms with Gasteiger partial charge in [0.05, 0.1) is 6.10 Å².